The highest BCUT2D eigenvalue weighted by atomic mass is 19.4. The molecule has 4 N–H and O–H groups in total. The molecule has 0 aliphatic carbocycles. The fourth-order valence-electron chi connectivity index (χ4n) is 3.19. The summed E-state index contributed by atoms with van der Waals surface area (Å²) >= 11 is 0. The van der Waals surface area contributed by atoms with Crippen molar-refractivity contribution in [2.75, 3.05) is 24.7 Å². The molecule has 0 saturated carbocycles. The van der Waals surface area contributed by atoms with Crippen LogP contribution in [0.15, 0.2) is 66.7 Å². The number of carbonyl (C=O) groups is 2. The van der Waals surface area contributed by atoms with Gasteiger partial charge in [-0.3, -0.25) is 0 Å². The number of halogens is 5. The molecular weight excluding hydrogens is 527 g/mol. The predicted octanol–water partition coefficient (Wildman–Crippen LogP) is 5.75. The Hall–Kier alpha value is -4.61. The van der Waals surface area contributed by atoms with Gasteiger partial charge >= 0.3 is 24.0 Å². The van der Waals surface area contributed by atoms with E-state index in [0.29, 0.717) is 16.8 Å². The Morgan fingerprint density at radius 1 is 0.872 bits per heavy atom. The number of esters is 2. The van der Waals surface area contributed by atoms with Crippen LogP contribution < -0.4 is 20.9 Å². The third-order valence-corrected chi connectivity index (χ3v) is 5.19. The molecule has 0 aromatic heterocycles. The standard InChI is InChI=1S/C27H23F5N2O5/c1-2-37-25(36)22(21-12-7-18(33)14-23(21)34)13-16-3-8-20(9-4-16)39-24(35)17-5-10-19(11-6-17)38-15-26(28,29)27(30,31)32/h3-14H,2,15,33-34H2,1H3. The van der Waals surface area contributed by atoms with Crippen LogP contribution in [0.4, 0.5) is 33.3 Å². The second-order valence-corrected chi connectivity index (χ2v) is 8.10. The molecule has 7 nitrogen and oxygen atoms in total. The summed E-state index contributed by atoms with van der Waals surface area (Å²) in [6.45, 7) is -0.0883. The number of anilines is 2. The molecule has 0 spiro atoms. The van der Waals surface area contributed by atoms with Crippen LogP contribution in [0.2, 0.25) is 0 Å². The van der Waals surface area contributed by atoms with E-state index < -0.39 is 30.6 Å². The molecule has 0 heterocycles. The van der Waals surface area contributed by atoms with Gasteiger partial charge in [-0.05, 0) is 73.2 Å². The zero-order valence-electron chi connectivity index (χ0n) is 20.4. The second-order valence-electron chi connectivity index (χ2n) is 8.10. The molecule has 0 radical (unpaired) electrons. The molecule has 0 aliphatic rings. The molecule has 0 amide bonds. The Kier molecular flexibility index (Phi) is 8.79. The number of ether oxygens (including phenoxy) is 3. The molecule has 12 heteroatoms. The van der Waals surface area contributed by atoms with Gasteiger partial charge in [-0.25, -0.2) is 9.59 Å². The molecular formula is C27H23F5N2O5. The maximum Gasteiger partial charge on any atom is 0.456 e. The van der Waals surface area contributed by atoms with E-state index in [4.69, 9.17) is 20.9 Å². The Labute approximate surface area is 219 Å². The molecule has 3 rings (SSSR count). The van der Waals surface area contributed by atoms with Crippen molar-refractivity contribution >= 4 is 35.0 Å². The van der Waals surface area contributed by atoms with E-state index in [0.717, 1.165) is 24.3 Å². The van der Waals surface area contributed by atoms with Crippen molar-refractivity contribution < 1.29 is 45.8 Å². The first-order valence-electron chi connectivity index (χ1n) is 11.3. The van der Waals surface area contributed by atoms with Crippen LogP contribution in [0.3, 0.4) is 0 Å². The van der Waals surface area contributed by atoms with Gasteiger partial charge in [0.25, 0.3) is 0 Å². The van der Waals surface area contributed by atoms with Gasteiger partial charge in [0.05, 0.1) is 17.7 Å². The number of alkyl halides is 5. The molecule has 3 aromatic carbocycles. The first-order valence-corrected chi connectivity index (χ1v) is 11.3. The Morgan fingerprint density at radius 3 is 2.05 bits per heavy atom. The zero-order valence-corrected chi connectivity index (χ0v) is 20.4. The van der Waals surface area contributed by atoms with Crippen molar-refractivity contribution in [2.24, 2.45) is 0 Å². The maximum atomic E-state index is 13.0. The first kappa shape index (κ1) is 29.0. The van der Waals surface area contributed by atoms with Gasteiger partial charge in [-0.1, -0.05) is 12.1 Å². The largest absolute Gasteiger partial charge is 0.487 e. The van der Waals surface area contributed by atoms with Crippen LogP contribution in [0.5, 0.6) is 11.5 Å². The number of carbonyl (C=O) groups excluding carboxylic acids is 2. The maximum absolute atomic E-state index is 13.0. The highest BCUT2D eigenvalue weighted by Crippen LogP contribution is 2.35. The number of nitrogens with two attached hydrogens (primary N) is 2. The highest BCUT2D eigenvalue weighted by Gasteiger charge is 2.58. The van der Waals surface area contributed by atoms with Crippen LogP contribution in [-0.2, 0) is 9.53 Å². The van der Waals surface area contributed by atoms with Crippen molar-refractivity contribution in [1.82, 2.24) is 0 Å². The zero-order chi connectivity index (χ0) is 28.8. The van der Waals surface area contributed by atoms with Crippen molar-refractivity contribution in [3.63, 3.8) is 0 Å². The third-order valence-electron chi connectivity index (χ3n) is 5.19. The summed E-state index contributed by atoms with van der Waals surface area (Å²) in [5.41, 5.74) is 13.7. The third kappa shape index (κ3) is 7.46. The van der Waals surface area contributed by atoms with E-state index >= 15 is 0 Å². The lowest BCUT2D eigenvalue weighted by Crippen LogP contribution is -2.41. The molecule has 0 saturated heterocycles. The number of benzene rings is 3. The van der Waals surface area contributed by atoms with Crippen LogP contribution in [0, 0.1) is 0 Å². The van der Waals surface area contributed by atoms with Crippen molar-refractivity contribution in [3.05, 3.63) is 83.4 Å². The first-order chi connectivity index (χ1) is 18.3. The lowest BCUT2D eigenvalue weighted by molar-refractivity contribution is -0.290. The minimum Gasteiger partial charge on any atom is -0.487 e. The second kappa shape index (κ2) is 11.8. The minimum absolute atomic E-state index is 0.00247. The predicted molar refractivity (Wildman–Crippen MR) is 134 cm³/mol. The van der Waals surface area contributed by atoms with E-state index in [-0.39, 0.29) is 34.9 Å². The van der Waals surface area contributed by atoms with E-state index in [1.807, 2.05) is 0 Å². The van der Waals surface area contributed by atoms with Gasteiger partial charge in [0.15, 0.2) is 6.61 Å². The summed E-state index contributed by atoms with van der Waals surface area (Å²) in [7, 11) is 0. The van der Waals surface area contributed by atoms with Crippen LogP contribution in [-0.4, -0.2) is 37.3 Å². The summed E-state index contributed by atoms with van der Waals surface area (Å²) in [6, 6.07) is 15.2. The van der Waals surface area contributed by atoms with Gasteiger partial charge in [-0.15, -0.1) is 0 Å². The lowest BCUT2D eigenvalue weighted by Gasteiger charge is -2.19. The molecule has 0 fully saturated rings. The Balaban J connectivity index is 1.70. The van der Waals surface area contributed by atoms with Gasteiger partial charge in [0.1, 0.15) is 11.5 Å². The molecule has 0 bridgehead atoms. The number of hydrogen-bond donors (Lipinski definition) is 2. The van der Waals surface area contributed by atoms with Crippen molar-refractivity contribution in [3.8, 4) is 11.5 Å². The molecule has 39 heavy (non-hydrogen) atoms. The molecule has 0 unspecified atom stereocenters. The van der Waals surface area contributed by atoms with Gasteiger partial charge < -0.3 is 25.7 Å². The lowest BCUT2D eigenvalue weighted by atomic mass is 10.0. The number of nitrogen functional groups attached to an aromatic ring is 2. The molecule has 206 valence electrons. The molecule has 0 aliphatic heterocycles. The summed E-state index contributed by atoms with van der Waals surface area (Å²) in [5.74, 6) is -6.57. The van der Waals surface area contributed by atoms with Crippen LogP contribution >= 0.6 is 0 Å². The number of rotatable bonds is 9. The Morgan fingerprint density at radius 2 is 1.49 bits per heavy atom. The molecule has 3 aromatic rings. The Bertz CT molecular complexity index is 1350. The molecule has 0 atom stereocenters. The normalized spacial score (nSPS) is 12.1. The fourth-order valence-corrected chi connectivity index (χ4v) is 3.19. The van der Waals surface area contributed by atoms with E-state index in [1.54, 1.807) is 37.3 Å². The van der Waals surface area contributed by atoms with Gasteiger partial charge in [0, 0.05) is 16.9 Å². The highest BCUT2D eigenvalue weighted by molar-refractivity contribution is 6.23. The van der Waals surface area contributed by atoms with E-state index in [2.05, 4.69) is 4.74 Å². The number of hydrogen-bond acceptors (Lipinski definition) is 7. The van der Waals surface area contributed by atoms with Crippen LogP contribution in [0.25, 0.3) is 11.6 Å². The average molecular weight is 550 g/mol. The van der Waals surface area contributed by atoms with Gasteiger partial charge in [-0.2, -0.15) is 22.0 Å². The van der Waals surface area contributed by atoms with Crippen LogP contribution in [0.1, 0.15) is 28.4 Å². The summed E-state index contributed by atoms with van der Waals surface area (Å²) in [5, 5.41) is 0. The monoisotopic (exact) mass is 550 g/mol. The SMILES string of the molecule is CCOC(=O)C(=Cc1ccc(OC(=O)c2ccc(OCC(F)(F)C(F)(F)F)cc2)cc1)c1ccc(N)cc1N. The minimum atomic E-state index is -5.74. The van der Waals surface area contributed by atoms with E-state index in [9.17, 15) is 31.5 Å². The fraction of sp³-hybridized carbons (Fsp3) is 0.185. The quantitative estimate of drug-likeness (QED) is 0.0871. The van der Waals surface area contributed by atoms with Gasteiger partial charge in [0.2, 0.25) is 0 Å². The van der Waals surface area contributed by atoms with Crippen molar-refractivity contribution in [2.45, 2.75) is 19.0 Å². The summed E-state index contributed by atoms with van der Waals surface area (Å²) in [6.07, 6.45) is -4.20. The summed E-state index contributed by atoms with van der Waals surface area (Å²) in [4.78, 5) is 25.0. The summed E-state index contributed by atoms with van der Waals surface area (Å²) < 4.78 is 77.6. The average Bonchev–Trinajstić information content (AvgIpc) is 2.87. The van der Waals surface area contributed by atoms with Crippen molar-refractivity contribution in [1.29, 1.82) is 0 Å². The topological polar surface area (TPSA) is 114 Å². The van der Waals surface area contributed by atoms with E-state index in [1.165, 1.54) is 18.2 Å². The smallest absolute Gasteiger partial charge is 0.456 e.